The van der Waals surface area contributed by atoms with Crippen molar-refractivity contribution in [1.82, 2.24) is 13.7 Å². The van der Waals surface area contributed by atoms with Crippen LogP contribution in [0.1, 0.15) is 223 Å². The molecule has 0 aliphatic carbocycles. The number of carbonyl (C=O) groups excluding carboxylic acids is 15. The van der Waals surface area contributed by atoms with Crippen LogP contribution in [0, 0.1) is 0 Å². The fraction of sp³-hybridized carbons (Fsp3) is 0.292. The number of Topliss-reactive ketones (excluding diaryl/α,β-unsaturated/α-hetero) is 2. The van der Waals surface area contributed by atoms with Crippen LogP contribution in [0.25, 0.3) is 0 Å². The maximum atomic E-state index is 14.4. The van der Waals surface area contributed by atoms with Crippen LogP contribution >= 0.6 is 0 Å². The van der Waals surface area contributed by atoms with Crippen LogP contribution in [0.3, 0.4) is 0 Å². The monoisotopic (exact) mass is 1790 g/mol. The average Bonchev–Trinajstić information content (AvgIpc) is 0.780. The van der Waals surface area contributed by atoms with Crippen LogP contribution in [0.2, 0.25) is 0 Å². The first kappa shape index (κ1) is 99.9. The van der Waals surface area contributed by atoms with E-state index < -0.39 is 252 Å². The van der Waals surface area contributed by atoms with Gasteiger partial charge in [-0.2, -0.15) is 0 Å². The standard InChI is InChI=1S/C89H85N3O37/c1-48(2)74(101)117-35-16-23-69(93)57-17-10-13-20-63(57)82(109)125-46-52(8)128-78(105)55-26-29-60(72(97)98)67(44-55)85(112)119-37-33-91-87(114)90(32-36-118-84(111)66-43-54(25-28-59(66)71(95)96)77(104)127-51(7)24-31-70(94)58-18-11-12-19-62(58)80(107)123-41-39-121-75(102)49(3)4)88(115)92(89(91)116)34-38-120-86(113)68-45-56(27-30-61(68)73(99)100)79(106)129-53(9)47-126-83(110)65-22-15-14-21-64(65)81(108)124-42-40-122-76(103)50(5)6/h10-15,17-22,25-30,43-45,51-53H,1,3,5,16,23-24,31-42,46-47H2,2,4,6-9H3,(H,95,96)(H,97,98)(H,99,100). The molecule has 0 fully saturated rings. The molecular formula is C89H85N3O37. The van der Waals surface area contributed by atoms with Crippen molar-refractivity contribution in [3.63, 3.8) is 0 Å². The molecule has 0 saturated heterocycles. The van der Waals surface area contributed by atoms with Crippen molar-refractivity contribution < 1.29 is 163 Å². The van der Waals surface area contributed by atoms with Crippen molar-refractivity contribution in [3.05, 3.63) is 279 Å². The van der Waals surface area contributed by atoms with Gasteiger partial charge in [0.2, 0.25) is 0 Å². The lowest BCUT2D eigenvalue weighted by Gasteiger charge is -2.16. The molecule has 3 unspecified atom stereocenters. The summed E-state index contributed by atoms with van der Waals surface area (Å²) in [6.45, 7) is 9.56. The van der Waals surface area contributed by atoms with E-state index in [1.807, 2.05) is 0 Å². The minimum absolute atomic E-state index is 0.0293. The molecule has 1 heterocycles. The number of carboxylic acid groups (broad SMARTS) is 3. The highest BCUT2D eigenvalue weighted by Gasteiger charge is 2.31. The number of esters is 13. The Hall–Kier alpha value is -16.2. The van der Waals surface area contributed by atoms with Gasteiger partial charge in [-0.1, -0.05) is 68.3 Å². The van der Waals surface area contributed by atoms with Gasteiger partial charge in [0.05, 0.1) is 105 Å². The number of aromatic carboxylic acids is 3. The molecule has 40 heteroatoms. The maximum absolute atomic E-state index is 14.4. The summed E-state index contributed by atoms with van der Waals surface area (Å²) >= 11 is 0. The van der Waals surface area contributed by atoms with E-state index in [9.17, 15) is 116 Å². The first-order valence-corrected chi connectivity index (χ1v) is 38.9. The lowest BCUT2D eigenvalue weighted by molar-refractivity contribution is -0.140. The minimum Gasteiger partial charge on any atom is -0.478 e. The number of benzene rings is 6. The Bertz CT molecular complexity index is 5230. The second-order valence-electron chi connectivity index (χ2n) is 27.9. The molecule has 678 valence electrons. The molecule has 6 aromatic carbocycles. The van der Waals surface area contributed by atoms with Gasteiger partial charge in [0.1, 0.15) is 71.7 Å². The second-order valence-corrected chi connectivity index (χ2v) is 27.9. The summed E-state index contributed by atoms with van der Waals surface area (Å²) in [6, 6.07) is 24.1. The summed E-state index contributed by atoms with van der Waals surface area (Å²) in [5.74, 6) is -20.5. The van der Waals surface area contributed by atoms with Gasteiger partial charge in [-0.3, -0.25) is 9.59 Å². The van der Waals surface area contributed by atoms with Crippen LogP contribution in [0.4, 0.5) is 0 Å². The van der Waals surface area contributed by atoms with Gasteiger partial charge in [0.15, 0.2) is 11.6 Å². The molecule has 3 N–H and O–H groups in total. The molecule has 129 heavy (non-hydrogen) atoms. The van der Waals surface area contributed by atoms with E-state index in [0.717, 1.165) is 54.6 Å². The fourth-order valence-corrected chi connectivity index (χ4v) is 11.4. The third-order valence-corrected chi connectivity index (χ3v) is 17.9. The first-order valence-electron chi connectivity index (χ1n) is 38.9. The number of carboxylic acids is 3. The highest BCUT2D eigenvalue weighted by atomic mass is 16.6. The van der Waals surface area contributed by atoms with Crippen molar-refractivity contribution in [2.24, 2.45) is 0 Å². The van der Waals surface area contributed by atoms with Gasteiger partial charge in [0, 0.05) is 40.7 Å². The Balaban J connectivity index is 1.08. The summed E-state index contributed by atoms with van der Waals surface area (Å²) < 4.78 is 68.8. The molecule has 7 aromatic rings. The van der Waals surface area contributed by atoms with Gasteiger partial charge in [0.25, 0.3) is 0 Å². The predicted octanol–water partition coefficient (Wildman–Crippen LogP) is 7.48. The van der Waals surface area contributed by atoms with Gasteiger partial charge in [-0.25, -0.2) is 105 Å². The van der Waals surface area contributed by atoms with E-state index in [1.54, 1.807) is 0 Å². The molecule has 0 aliphatic rings. The maximum Gasteiger partial charge on any atom is 0.339 e. The number of ether oxygens (including phenoxy) is 13. The van der Waals surface area contributed by atoms with E-state index in [4.69, 9.17) is 61.6 Å². The quantitative estimate of drug-likeness (QED) is 0.0109. The van der Waals surface area contributed by atoms with Crippen molar-refractivity contribution in [2.75, 3.05) is 66.1 Å². The van der Waals surface area contributed by atoms with Crippen LogP contribution < -0.4 is 17.1 Å². The molecule has 0 saturated carbocycles. The SMILES string of the molecule is C=C(C)C(=O)OCCCC(=O)c1ccccc1C(=O)OCC(C)OC(=O)c1ccc(C(=O)O)c(C(=O)OCCn2c(=O)n(CCOC(=O)c3cc(C(=O)OC(C)CCC(=O)c4ccccc4C(=O)OCCOC(=O)C(=C)C)ccc3C(=O)O)c(=O)n(CCOC(=O)c3cc(C(=O)OC(C)COC(=O)c4ccccc4C(=O)OCCOC(=O)C(=C)C)ccc3C(=O)O)c2=O)c1. The molecule has 0 aliphatic heterocycles. The number of carbonyl (C=O) groups is 18. The number of hydrogen-bond acceptors (Lipinski definition) is 34. The van der Waals surface area contributed by atoms with Crippen LogP contribution in [0.5, 0.6) is 0 Å². The highest BCUT2D eigenvalue weighted by molar-refractivity contribution is 6.10. The molecule has 0 radical (unpaired) electrons. The molecule has 7 rings (SSSR count). The number of nitrogens with zero attached hydrogens (tertiary/aromatic N) is 3. The Kier molecular flexibility index (Phi) is 36.9. The lowest BCUT2D eigenvalue weighted by Crippen LogP contribution is -2.55. The molecular weight excluding hydrogens is 1700 g/mol. The van der Waals surface area contributed by atoms with Gasteiger partial charge < -0.3 is 76.9 Å². The van der Waals surface area contributed by atoms with Crippen LogP contribution in [-0.2, 0) is 95.6 Å². The van der Waals surface area contributed by atoms with E-state index in [1.165, 1.54) is 114 Å². The summed E-state index contributed by atoms with van der Waals surface area (Å²) in [6.07, 6.45) is -4.09. The van der Waals surface area contributed by atoms with Crippen molar-refractivity contribution in [1.29, 1.82) is 0 Å². The Morgan fingerprint density at radius 3 is 0.860 bits per heavy atom. The van der Waals surface area contributed by atoms with E-state index in [-0.39, 0.29) is 116 Å². The van der Waals surface area contributed by atoms with Crippen molar-refractivity contribution >= 4 is 107 Å². The summed E-state index contributed by atoms with van der Waals surface area (Å²) in [4.78, 5) is 277. The number of ketones is 2. The number of rotatable bonds is 47. The summed E-state index contributed by atoms with van der Waals surface area (Å²) in [7, 11) is 0. The van der Waals surface area contributed by atoms with Crippen LogP contribution in [0.15, 0.2) is 178 Å². The van der Waals surface area contributed by atoms with E-state index in [0.29, 0.717) is 0 Å². The highest BCUT2D eigenvalue weighted by Crippen LogP contribution is 2.24. The largest absolute Gasteiger partial charge is 0.478 e. The zero-order valence-electron chi connectivity index (χ0n) is 70.1. The van der Waals surface area contributed by atoms with Crippen molar-refractivity contribution in [3.8, 4) is 0 Å². The summed E-state index contributed by atoms with van der Waals surface area (Å²) in [5, 5.41) is 30.4. The average molecular weight is 1790 g/mol. The third-order valence-electron chi connectivity index (χ3n) is 17.9. The molecule has 0 bridgehead atoms. The zero-order chi connectivity index (χ0) is 95.0. The molecule has 3 atom stereocenters. The number of aromatic nitrogens is 3. The van der Waals surface area contributed by atoms with Gasteiger partial charge >= 0.3 is 113 Å². The first-order chi connectivity index (χ1) is 61.2. The van der Waals surface area contributed by atoms with E-state index >= 15 is 0 Å². The molecule has 0 spiro atoms. The number of hydrogen-bond donors (Lipinski definition) is 3. The molecule has 0 amide bonds. The van der Waals surface area contributed by atoms with Gasteiger partial charge in [-0.15, -0.1) is 0 Å². The van der Waals surface area contributed by atoms with Gasteiger partial charge in [-0.05, 0) is 133 Å². The predicted molar refractivity (Wildman–Crippen MR) is 440 cm³/mol. The molecule has 40 nitrogen and oxygen atoms in total. The Morgan fingerprint density at radius 2 is 0.550 bits per heavy atom. The normalized spacial score (nSPS) is 11.4. The Morgan fingerprint density at radius 1 is 0.295 bits per heavy atom. The molecule has 1 aromatic heterocycles. The Labute approximate surface area is 730 Å². The fourth-order valence-electron chi connectivity index (χ4n) is 11.4. The lowest BCUT2D eigenvalue weighted by atomic mass is 9.99. The van der Waals surface area contributed by atoms with Crippen LogP contribution in [-0.4, -0.2) is 220 Å². The third kappa shape index (κ3) is 28.4. The van der Waals surface area contributed by atoms with E-state index in [2.05, 4.69) is 19.7 Å². The van der Waals surface area contributed by atoms with Crippen molar-refractivity contribution in [2.45, 2.75) is 105 Å². The smallest absolute Gasteiger partial charge is 0.339 e. The second kappa shape index (κ2) is 47.6. The summed E-state index contributed by atoms with van der Waals surface area (Å²) in [5.41, 5.74) is -11.4. The topological polar surface area (TPSA) is 554 Å². The zero-order valence-corrected chi connectivity index (χ0v) is 70.1. The minimum atomic E-state index is -1.75.